The van der Waals surface area contributed by atoms with Crippen molar-refractivity contribution in [2.75, 3.05) is 6.61 Å². The number of esters is 1. The minimum absolute atomic E-state index is 0.00357. The van der Waals surface area contributed by atoms with E-state index in [1.54, 1.807) is 13.0 Å². The number of aromatic amines is 1. The van der Waals surface area contributed by atoms with E-state index in [1.807, 2.05) is 25.1 Å². The second kappa shape index (κ2) is 5.69. The van der Waals surface area contributed by atoms with Crippen LogP contribution >= 0.6 is 0 Å². The van der Waals surface area contributed by atoms with Gasteiger partial charge >= 0.3 is 5.97 Å². The van der Waals surface area contributed by atoms with E-state index in [4.69, 9.17) is 4.74 Å². The summed E-state index contributed by atoms with van der Waals surface area (Å²) in [7, 11) is 0. The molecule has 1 N–H and O–H groups in total. The Bertz CT molecular complexity index is 658. The van der Waals surface area contributed by atoms with Crippen LogP contribution in [0.4, 0.5) is 0 Å². The fourth-order valence-corrected chi connectivity index (χ4v) is 2.16. The van der Waals surface area contributed by atoms with Gasteiger partial charge in [-0.3, -0.25) is 9.59 Å². The number of carbonyl (C=O) groups excluding carboxylic acids is 1. The lowest BCUT2D eigenvalue weighted by molar-refractivity contribution is -0.143. The van der Waals surface area contributed by atoms with Crippen molar-refractivity contribution in [3.8, 4) is 0 Å². The van der Waals surface area contributed by atoms with Crippen molar-refractivity contribution in [3.05, 3.63) is 45.7 Å². The van der Waals surface area contributed by atoms with Crippen LogP contribution in [0.15, 0.2) is 29.1 Å². The summed E-state index contributed by atoms with van der Waals surface area (Å²) in [5, 5.41) is 0.659. The molecule has 0 unspecified atom stereocenters. The summed E-state index contributed by atoms with van der Waals surface area (Å²) in [5.74, 6) is -0.269. The van der Waals surface area contributed by atoms with E-state index in [-0.39, 0.29) is 17.8 Å². The third-order valence-corrected chi connectivity index (χ3v) is 3.11. The third kappa shape index (κ3) is 2.84. The molecular weight excluding hydrogens is 242 g/mol. The molecule has 0 fully saturated rings. The maximum Gasteiger partial charge on any atom is 0.306 e. The van der Waals surface area contributed by atoms with E-state index >= 15 is 0 Å². The van der Waals surface area contributed by atoms with E-state index in [0.717, 1.165) is 11.2 Å². The number of hydrogen-bond acceptors (Lipinski definition) is 3. The highest BCUT2D eigenvalue weighted by Gasteiger charge is 2.11. The molecule has 2 aromatic rings. The van der Waals surface area contributed by atoms with Gasteiger partial charge in [-0.25, -0.2) is 0 Å². The van der Waals surface area contributed by atoms with Crippen molar-refractivity contribution in [2.24, 2.45) is 0 Å². The number of pyridine rings is 1. The summed E-state index contributed by atoms with van der Waals surface area (Å²) in [4.78, 5) is 26.9. The van der Waals surface area contributed by atoms with Crippen molar-refractivity contribution in [1.29, 1.82) is 0 Å². The number of carbonyl (C=O) groups is 1. The number of ether oxygens (including phenoxy) is 1. The van der Waals surface area contributed by atoms with E-state index in [1.165, 1.54) is 0 Å². The Labute approximate surface area is 111 Å². The van der Waals surface area contributed by atoms with E-state index in [0.29, 0.717) is 24.0 Å². The molecule has 0 aliphatic heterocycles. The number of hydrogen-bond donors (Lipinski definition) is 1. The second-order valence-electron chi connectivity index (χ2n) is 4.41. The molecule has 0 aliphatic rings. The van der Waals surface area contributed by atoms with Crippen molar-refractivity contribution in [3.63, 3.8) is 0 Å². The quantitative estimate of drug-likeness (QED) is 0.857. The summed E-state index contributed by atoms with van der Waals surface area (Å²) in [6.07, 6.45) is 0.640. The minimum atomic E-state index is -0.269. The Kier molecular flexibility index (Phi) is 4.00. The minimum Gasteiger partial charge on any atom is -0.466 e. The maximum atomic E-state index is 12.3. The highest BCUT2D eigenvalue weighted by molar-refractivity contribution is 5.79. The van der Waals surface area contributed by atoms with E-state index in [9.17, 15) is 9.59 Å². The first-order chi connectivity index (χ1) is 9.13. The molecule has 0 bridgehead atoms. The summed E-state index contributed by atoms with van der Waals surface area (Å²) < 4.78 is 4.88. The van der Waals surface area contributed by atoms with Crippen LogP contribution in [0.1, 0.15) is 24.6 Å². The third-order valence-electron chi connectivity index (χ3n) is 3.11. The summed E-state index contributed by atoms with van der Waals surface area (Å²) in [5.41, 5.74) is 2.29. The zero-order valence-corrected chi connectivity index (χ0v) is 11.2. The molecule has 19 heavy (non-hydrogen) atoms. The standard InChI is InChI=1S/C15H17NO3/c1-3-19-14(17)9-8-11-10(2)16-13-7-5-4-6-12(13)15(11)18/h4-7H,3,8-9H2,1-2H3,(H,16,18). The molecule has 2 rings (SSSR count). The number of nitrogens with one attached hydrogen (secondary N) is 1. The highest BCUT2D eigenvalue weighted by Crippen LogP contribution is 2.12. The summed E-state index contributed by atoms with van der Waals surface area (Å²) in [6.45, 7) is 3.99. The molecule has 100 valence electrons. The van der Waals surface area contributed by atoms with Crippen molar-refractivity contribution < 1.29 is 9.53 Å². The van der Waals surface area contributed by atoms with Crippen LogP contribution in [0.5, 0.6) is 0 Å². The Morgan fingerprint density at radius 2 is 2.05 bits per heavy atom. The average molecular weight is 259 g/mol. The Morgan fingerprint density at radius 3 is 2.79 bits per heavy atom. The maximum absolute atomic E-state index is 12.3. The topological polar surface area (TPSA) is 59.2 Å². The Morgan fingerprint density at radius 1 is 1.32 bits per heavy atom. The normalized spacial score (nSPS) is 10.6. The second-order valence-corrected chi connectivity index (χ2v) is 4.41. The lowest BCUT2D eigenvalue weighted by atomic mass is 10.0. The SMILES string of the molecule is CCOC(=O)CCc1c(C)[nH]c2ccccc2c1=O. The average Bonchev–Trinajstić information content (AvgIpc) is 2.39. The van der Waals surface area contributed by atoms with Crippen LogP contribution in [0, 0.1) is 6.92 Å². The van der Waals surface area contributed by atoms with Crippen molar-refractivity contribution >= 4 is 16.9 Å². The van der Waals surface area contributed by atoms with Crippen LogP contribution < -0.4 is 5.43 Å². The molecule has 4 heteroatoms. The van der Waals surface area contributed by atoms with Gasteiger partial charge in [-0.15, -0.1) is 0 Å². The predicted octanol–water partition coefficient (Wildman–Crippen LogP) is 2.33. The molecule has 0 aliphatic carbocycles. The van der Waals surface area contributed by atoms with E-state index < -0.39 is 0 Å². The van der Waals surface area contributed by atoms with Crippen LogP contribution in [-0.2, 0) is 16.0 Å². The zero-order chi connectivity index (χ0) is 13.8. The van der Waals surface area contributed by atoms with Crippen LogP contribution in [0.25, 0.3) is 10.9 Å². The van der Waals surface area contributed by atoms with Gasteiger partial charge in [-0.05, 0) is 32.4 Å². The lowest BCUT2D eigenvalue weighted by Gasteiger charge is -2.07. The van der Waals surface area contributed by atoms with Crippen molar-refractivity contribution in [2.45, 2.75) is 26.7 Å². The van der Waals surface area contributed by atoms with Gasteiger partial charge in [-0.2, -0.15) is 0 Å². The van der Waals surface area contributed by atoms with E-state index in [2.05, 4.69) is 4.98 Å². The molecular formula is C15H17NO3. The Hall–Kier alpha value is -2.10. The first-order valence-corrected chi connectivity index (χ1v) is 6.39. The van der Waals surface area contributed by atoms with Crippen LogP contribution in [0.2, 0.25) is 0 Å². The molecule has 1 aromatic heterocycles. The zero-order valence-electron chi connectivity index (χ0n) is 11.2. The van der Waals surface area contributed by atoms with Gasteiger partial charge in [0.05, 0.1) is 6.61 Å². The van der Waals surface area contributed by atoms with Gasteiger partial charge in [0.2, 0.25) is 0 Å². The van der Waals surface area contributed by atoms with Crippen molar-refractivity contribution in [1.82, 2.24) is 4.98 Å². The van der Waals surface area contributed by atoms with Gasteiger partial charge < -0.3 is 9.72 Å². The van der Waals surface area contributed by atoms with Crippen LogP contribution in [0.3, 0.4) is 0 Å². The van der Waals surface area contributed by atoms with Gasteiger partial charge in [0.25, 0.3) is 0 Å². The molecule has 0 radical (unpaired) electrons. The number of rotatable bonds is 4. The summed E-state index contributed by atoms with van der Waals surface area (Å²) >= 11 is 0. The fraction of sp³-hybridized carbons (Fsp3) is 0.333. The van der Waals surface area contributed by atoms with Gasteiger partial charge in [0.15, 0.2) is 5.43 Å². The largest absolute Gasteiger partial charge is 0.466 e. The number of H-pyrrole nitrogens is 1. The molecule has 4 nitrogen and oxygen atoms in total. The molecule has 0 atom stereocenters. The van der Waals surface area contributed by atoms with Gasteiger partial charge in [-0.1, -0.05) is 12.1 Å². The first-order valence-electron chi connectivity index (χ1n) is 6.39. The van der Waals surface area contributed by atoms with Gasteiger partial charge in [0.1, 0.15) is 0 Å². The molecule has 0 spiro atoms. The summed E-state index contributed by atoms with van der Waals surface area (Å²) in [6, 6.07) is 7.39. The number of fused-ring (bicyclic) bond motifs is 1. The molecule has 0 saturated carbocycles. The number of aromatic nitrogens is 1. The number of benzene rings is 1. The van der Waals surface area contributed by atoms with Crippen LogP contribution in [-0.4, -0.2) is 17.6 Å². The smallest absolute Gasteiger partial charge is 0.306 e. The predicted molar refractivity (Wildman–Crippen MR) is 74.3 cm³/mol. The Balaban J connectivity index is 2.33. The lowest BCUT2D eigenvalue weighted by Crippen LogP contribution is -2.15. The van der Waals surface area contributed by atoms with Gasteiger partial charge in [0, 0.05) is 28.6 Å². The highest BCUT2D eigenvalue weighted by atomic mass is 16.5. The molecule has 1 aromatic carbocycles. The first kappa shape index (κ1) is 13.3. The number of para-hydroxylation sites is 1. The fourth-order valence-electron chi connectivity index (χ4n) is 2.16. The molecule has 0 amide bonds. The monoisotopic (exact) mass is 259 g/mol. The molecule has 1 heterocycles. The number of aryl methyl sites for hydroxylation is 1. The molecule has 0 saturated heterocycles.